The number of phosphoric acid groups is 2. The van der Waals surface area contributed by atoms with Gasteiger partial charge in [0.05, 0.1) is 26.4 Å². The van der Waals surface area contributed by atoms with Crippen molar-refractivity contribution in [2.24, 2.45) is 11.8 Å². The van der Waals surface area contributed by atoms with Crippen LogP contribution in [0.4, 0.5) is 0 Å². The van der Waals surface area contributed by atoms with Crippen LogP contribution < -0.4 is 0 Å². The molecule has 0 heterocycles. The van der Waals surface area contributed by atoms with Crippen LogP contribution in [0, 0.1) is 11.8 Å². The summed E-state index contributed by atoms with van der Waals surface area (Å²) in [4.78, 5) is 72.8. The first kappa shape index (κ1) is 96.1. The molecular formula is C79H154O17P2. The molecule has 17 nitrogen and oxygen atoms in total. The van der Waals surface area contributed by atoms with Crippen molar-refractivity contribution < 1.29 is 80.2 Å². The zero-order valence-electron chi connectivity index (χ0n) is 64.1. The maximum absolute atomic E-state index is 13.1. The van der Waals surface area contributed by atoms with E-state index in [9.17, 15) is 43.2 Å². The third-order valence-corrected chi connectivity index (χ3v) is 20.7. The summed E-state index contributed by atoms with van der Waals surface area (Å²) in [6.45, 7) is 9.60. The van der Waals surface area contributed by atoms with Gasteiger partial charge in [0.25, 0.3) is 0 Å². The third-order valence-electron chi connectivity index (χ3n) is 18.8. The number of hydrogen-bond acceptors (Lipinski definition) is 15. The van der Waals surface area contributed by atoms with Gasteiger partial charge in [0.2, 0.25) is 0 Å². The standard InChI is InChI=1S/C79H154O17P2/c1-7-10-12-14-16-18-19-20-21-24-28-31-34-38-44-50-56-62-77(82)90-67-74(95-78(83)63-57-51-45-39-35-32-29-26-23-22-25-27-30-33-37-42-48-54-60-72(6)9-3)69-93-97(85,86)91-65-73(80)66-92-98(87,88)94-70-75(68-89-76(81)61-55-49-43-36-17-15-13-11-8-2)96-79(84)64-58-52-46-40-41-47-53-59-71(4)5/h71-75,80H,7-70H2,1-6H3,(H,85,86)(H,87,88)/t72?,73-,74-,75-/m1/s1. The number of carbonyl (C=O) groups is 4. The van der Waals surface area contributed by atoms with E-state index in [0.717, 1.165) is 95.8 Å². The zero-order chi connectivity index (χ0) is 72.1. The number of aliphatic hydroxyl groups excluding tert-OH is 1. The predicted octanol–water partition coefficient (Wildman–Crippen LogP) is 23.5. The second-order valence-electron chi connectivity index (χ2n) is 29.2. The molecule has 0 spiro atoms. The van der Waals surface area contributed by atoms with E-state index in [2.05, 4.69) is 41.5 Å². The lowest BCUT2D eigenvalue weighted by Gasteiger charge is -2.21. The first-order valence-electron chi connectivity index (χ1n) is 41.0. The molecule has 0 saturated carbocycles. The summed E-state index contributed by atoms with van der Waals surface area (Å²) >= 11 is 0. The summed E-state index contributed by atoms with van der Waals surface area (Å²) in [6, 6.07) is 0. The van der Waals surface area contributed by atoms with Gasteiger partial charge in [-0.05, 0) is 37.5 Å². The minimum absolute atomic E-state index is 0.104. The fourth-order valence-corrected chi connectivity index (χ4v) is 13.7. The highest BCUT2D eigenvalue weighted by molar-refractivity contribution is 7.47. The van der Waals surface area contributed by atoms with Crippen molar-refractivity contribution in [1.82, 2.24) is 0 Å². The lowest BCUT2D eigenvalue weighted by atomic mass is 9.99. The predicted molar refractivity (Wildman–Crippen MR) is 400 cm³/mol. The SMILES string of the molecule is CCCCCCCCCCCCCCCCCCCC(=O)OC[C@H](COP(=O)(O)OC[C@@H](O)COP(=O)(O)OC[C@@H](COC(=O)CCCCCCCCCCC)OC(=O)CCCCCCCCCC(C)C)OC(=O)CCCCCCCCCCCCCCCCCCCCC(C)CC. The van der Waals surface area contributed by atoms with E-state index in [4.69, 9.17) is 37.0 Å². The highest BCUT2D eigenvalue weighted by atomic mass is 31.2. The van der Waals surface area contributed by atoms with Gasteiger partial charge in [-0.15, -0.1) is 0 Å². The third kappa shape index (κ3) is 71.1. The molecule has 0 aliphatic heterocycles. The van der Waals surface area contributed by atoms with E-state index in [1.165, 1.54) is 231 Å². The van der Waals surface area contributed by atoms with Crippen LogP contribution in [0.2, 0.25) is 0 Å². The molecule has 0 radical (unpaired) electrons. The smallest absolute Gasteiger partial charge is 0.462 e. The second-order valence-corrected chi connectivity index (χ2v) is 32.1. The molecule has 0 fully saturated rings. The van der Waals surface area contributed by atoms with Crippen LogP contribution in [0.25, 0.3) is 0 Å². The molecule has 0 aliphatic rings. The van der Waals surface area contributed by atoms with Crippen molar-refractivity contribution in [2.45, 2.75) is 432 Å². The van der Waals surface area contributed by atoms with Crippen molar-refractivity contribution in [3.63, 3.8) is 0 Å². The maximum Gasteiger partial charge on any atom is 0.472 e. The average molecular weight is 1440 g/mol. The molecule has 0 amide bonds. The Hall–Kier alpha value is -1.94. The molecule has 0 saturated heterocycles. The Balaban J connectivity index is 5.17. The number of phosphoric ester groups is 2. The molecule has 0 rings (SSSR count). The van der Waals surface area contributed by atoms with Gasteiger partial charge in [-0.25, -0.2) is 9.13 Å². The number of ether oxygens (including phenoxy) is 4. The molecule has 3 N–H and O–H groups in total. The summed E-state index contributed by atoms with van der Waals surface area (Å²) in [5.74, 6) is -0.549. The van der Waals surface area contributed by atoms with Crippen LogP contribution in [0.3, 0.4) is 0 Å². The lowest BCUT2D eigenvalue weighted by molar-refractivity contribution is -0.161. The quantitative estimate of drug-likeness (QED) is 0.0222. The van der Waals surface area contributed by atoms with Crippen molar-refractivity contribution in [3.8, 4) is 0 Å². The Bertz CT molecular complexity index is 1890. The summed E-state index contributed by atoms with van der Waals surface area (Å²) < 4.78 is 68.5. The number of unbranched alkanes of at least 4 members (excludes halogenated alkanes) is 47. The van der Waals surface area contributed by atoms with Crippen molar-refractivity contribution in [1.29, 1.82) is 0 Å². The first-order chi connectivity index (χ1) is 47.4. The number of aliphatic hydroxyl groups is 1. The van der Waals surface area contributed by atoms with Crippen LogP contribution in [-0.2, 0) is 65.4 Å². The van der Waals surface area contributed by atoms with E-state index < -0.39 is 97.5 Å². The number of rotatable bonds is 78. The van der Waals surface area contributed by atoms with Crippen LogP contribution in [0.1, 0.15) is 414 Å². The summed E-state index contributed by atoms with van der Waals surface area (Å²) in [5.41, 5.74) is 0. The monoisotopic (exact) mass is 1440 g/mol. The Morgan fingerprint density at radius 3 is 0.776 bits per heavy atom. The Kier molecular flexibility index (Phi) is 69.3. The van der Waals surface area contributed by atoms with Gasteiger partial charge in [-0.1, -0.05) is 363 Å². The molecule has 98 heavy (non-hydrogen) atoms. The van der Waals surface area contributed by atoms with Crippen molar-refractivity contribution in [2.75, 3.05) is 39.6 Å². The molecule has 3 unspecified atom stereocenters. The van der Waals surface area contributed by atoms with Crippen LogP contribution in [0.15, 0.2) is 0 Å². The number of hydrogen-bond donors (Lipinski definition) is 3. The number of carbonyl (C=O) groups excluding carboxylic acids is 4. The van der Waals surface area contributed by atoms with Crippen LogP contribution >= 0.6 is 15.6 Å². The molecule has 0 bridgehead atoms. The van der Waals surface area contributed by atoms with Gasteiger partial charge in [0, 0.05) is 25.7 Å². The van der Waals surface area contributed by atoms with Crippen molar-refractivity contribution in [3.05, 3.63) is 0 Å². The normalized spacial score (nSPS) is 14.2. The zero-order valence-corrected chi connectivity index (χ0v) is 65.9. The maximum atomic E-state index is 13.1. The minimum Gasteiger partial charge on any atom is -0.462 e. The van der Waals surface area contributed by atoms with Crippen LogP contribution in [0.5, 0.6) is 0 Å². The molecule has 19 heteroatoms. The van der Waals surface area contributed by atoms with Crippen molar-refractivity contribution >= 4 is 39.5 Å². The first-order valence-corrected chi connectivity index (χ1v) is 44.0. The van der Waals surface area contributed by atoms with Crippen LogP contribution in [-0.4, -0.2) is 96.7 Å². The lowest BCUT2D eigenvalue weighted by Crippen LogP contribution is -2.30. The summed E-state index contributed by atoms with van der Waals surface area (Å²) in [7, 11) is -9.91. The average Bonchev–Trinajstić information content (AvgIpc) is 1.02. The van der Waals surface area contributed by atoms with Gasteiger partial charge < -0.3 is 33.8 Å². The molecule has 6 atom stereocenters. The van der Waals surface area contributed by atoms with Gasteiger partial charge in [0.1, 0.15) is 19.3 Å². The van der Waals surface area contributed by atoms with E-state index in [1.54, 1.807) is 0 Å². The highest BCUT2D eigenvalue weighted by Crippen LogP contribution is 2.45. The Labute approximate surface area is 600 Å². The fourth-order valence-electron chi connectivity index (χ4n) is 12.2. The molecule has 0 aromatic rings. The largest absolute Gasteiger partial charge is 0.472 e. The molecule has 0 aromatic carbocycles. The van der Waals surface area contributed by atoms with Gasteiger partial charge in [-0.3, -0.25) is 37.3 Å². The van der Waals surface area contributed by atoms with E-state index >= 15 is 0 Å². The van der Waals surface area contributed by atoms with Gasteiger partial charge in [-0.2, -0.15) is 0 Å². The second kappa shape index (κ2) is 70.7. The Morgan fingerprint density at radius 1 is 0.296 bits per heavy atom. The summed E-state index contributed by atoms with van der Waals surface area (Å²) in [5, 5.41) is 10.6. The van der Waals surface area contributed by atoms with E-state index in [1.807, 2.05) is 0 Å². The molecule has 0 aliphatic carbocycles. The molecule has 582 valence electrons. The fraction of sp³-hybridized carbons (Fsp3) is 0.949. The van der Waals surface area contributed by atoms with E-state index in [-0.39, 0.29) is 25.7 Å². The van der Waals surface area contributed by atoms with Gasteiger partial charge in [0.15, 0.2) is 12.2 Å². The summed E-state index contributed by atoms with van der Waals surface area (Å²) in [6.07, 6.45) is 59.9. The molecule has 0 aromatic heterocycles. The minimum atomic E-state index is -4.96. The number of esters is 4. The van der Waals surface area contributed by atoms with Gasteiger partial charge >= 0.3 is 39.5 Å². The van der Waals surface area contributed by atoms with E-state index in [0.29, 0.717) is 31.6 Å². The Morgan fingerprint density at radius 2 is 0.520 bits per heavy atom. The topological polar surface area (TPSA) is 237 Å². The molecular weight excluding hydrogens is 1280 g/mol. The highest BCUT2D eigenvalue weighted by Gasteiger charge is 2.30.